The molecule has 0 aromatic carbocycles. The minimum Gasteiger partial charge on any atom is -0.381 e. The van der Waals surface area contributed by atoms with E-state index < -0.39 is 0 Å². The third-order valence-electron chi connectivity index (χ3n) is 4.32. The standard InChI is InChI=1S/C16H24N2O2S/c1-2-7-18-15(3-1)21-12-8-17-14-4-9-20-16(13-14)5-10-19-11-6-16/h1-3,7,14,17H,4-6,8-13H2/t14-/m0/s1. The molecule has 1 spiro atoms. The Labute approximate surface area is 131 Å². The maximum Gasteiger partial charge on any atom is 0.0960 e. The molecule has 0 amide bonds. The molecular formula is C16H24N2O2S. The van der Waals surface area contributed by atoms with Crippen LogP contribution in [0.2, 0.25) is 0 Å². The molecule has 1 aromatic rings. The van der Waals surface area contributed by atoms with Gasteiger partial charge >= 0.3 is 0 Å². The third kappa shape index (κ3) is 4.42. The molecule has 2 saturated heterocycles. The lowest BCUT2D eigenvalue weighted by Gasteiger charge is -2.43. The first-order valence-corrected chi connectivity index (χ1v) is 8.84. The fourth-order valence-electron chi connectivity index (χ4n) is 3.14. The largest absolute Gasteiger partial charge is 0.381 e. The quantitative estimate of drug-likeness (QED) is 0.669. The normalized spacial score (nSPS) is 25.0. The molecule has 1 N–H and O–H groups in total. The van der Waals surface area contributed by atoms with Crippen LogP contribution in [0.3, 0.4) is 0 Å². The number of nitrogens with one attached hydrogen (secondary N) is 1. The van der Waals surface area contributed by atoms with E-state index in [1.54, 1.807) is 0 Å². The van der Waals surface area contributed by atoms with Gasteiger partial charge in [0.2, 0.25) is 0 Å². The first-order chi connectivity index (χ1) is 10.4. The Hall–Kier alpha value is -0.620. The van der Waals surface area contributed by atoms with E-state index >= 15 is 0 Å². The molecule has 1 aromatic heterocycles. The van der Waals surface area contributed by atoms with Gasteiger partial charge < -0.3 is 14.8 Å². The van der Waals surface area contributed by atoms with Crippen molar-refractivity contribution in [2.24, 2.45) is 0 Å². The monoisotopic (exact) mass is 308 g/mol. The van der Waals surface area contributed by atoms with Crippen molar-refractivity contribution in [2.45, 2.75) is 42.4 Å². The van der Waals surface area contributed by atoms with E-state index in [1.807, 2.05) is 30.1 Å². The minimum atomic E-state index is 0.0856. The molecule has 0 unspecified atom stereocenters. The van der Waals surface area contributed by atoms with Crippen LogP contribution in [0.4, 0.5) is 0 Å². The summed E-state index contributed by atoms with van der Waals surface area (Å²) in [6.45, 7) is 3.61. The van der Waals surface area contributed by atoms with Crippen LogP contribution in [0.15, 0.2) is 29.4 Å². The van der Waals surface area contributed by atoms with E-state index in [-0.39, 0.29) is 5.60 Å². The molecule has 0 aliphatic carbocycles. The van der Waals surface area contributed by atoms with E-state index in [0.29, 0.717) is 6.04 Å². The lowest BCUT2D eigenvalue weighted by molar-refractivity contribution is -0.140. The molecule has 3 heterocycles. The predicted molar refractivity (Wildman–Crippen MR) is 84.7 cm³/mol. The van der Waals surface area contributed by atoms with Gasteiger partial charge in [-0.1, -0.05) is 6.07 Å². The van der Waals surface area contributed by atoms with Gasteiger partial charge in [0.15, 0.2) is 0 Å². The number of thioether (sulfide) groups is 1. The smallest absolute Gasteiger partial charge is 0.0960 e. The topological polar surface area (TPSA) is 43.4 Å². The molecule has 1 atom stereocenters. The molecule has 4 nitrogen and oxygen atoms in total. The maximum absolute atomic E-state index is 6.08. The zero-order valence-electron chi connectivity index (χ0n) is 12.4. The highest BCUT2D eigenvalue weighted by atomic mass is 32.2. The van der Waals surface area contributed by atoms with Gasteiger partial charge in [-0.3, -0.25) is 0 Å². The molecule has 0 radical (unpaired) electrons. The summed E-state index contributed by atoms with van der Waals surface area (Å²) in [6, 6.07) is 6.64. The fraction of sp³-hybridized carbons (Fsp3) is 0.688. The van der Waals surface area contributed by atoms with Crippen molar-refractivity contribution in [3.8, 4) is 0 Å². The number of ether oxygens (including phenoxy) is 2. The number of hydrogen-bond acceptors (Lipinski definition) is 5. The van der Waals surface area contributed by atoms with Crippen LogP contribution in [-0.2, 0) is 9.47 Å². The summed E-state index contributed by atoms with van der Waals surface area (Å²) in [6.07, 6.45) is 6.20. The van der Waals surface area contributed by atoms with Crippen LogP contribution < -0.4 is 5.32 Å². The van der Waals surface area contributed by atoms with Crippen molar-refractivity contribution in [3.63, 3.8) is 0 Å². The van der Waals surface area contributed by atoms with Crippen LogP contribution in [-0.4, -0.2) is 48.7 Å². The second kappa shape index (κ2) is 7.58. The summed E-state index contributed by atoms with van der Waals surface area (Å²) in [4.78, 5) is 4.33. The molecule has 21 heavy (non-hydrogen) atoms. The number of pyridine rings is 1. The van der Waals surface area contributed by atoms with Crippen LogP contribution in [0.5, 0.6) is 0 Å². The molecular weight excluding hydrogens is 284 g/mol. The molecule has 0 bridgehead atoms. The summed E-state index contributed by atoms with van der Waals surface area (Å²) >= 11 is 1.81. The zero-order chi connectivity index (χ0) is 14.4. The number of nitrogens with zero attached hydrogens (tertiary/aromatic N) is 1. The Balaban J connectivity index is 1.39. The van der Waals surface area contributed by atoms with Crippen molar-refractivity contribution in [1.82, 2.24) is 10.3 Å². The molecule has 2 fully saturated rings. The Bertz CT molecular complexity index is 418. The van der Waals surface area contributed by atoms with Crippen molar-refractivity contribution in [2.75, 3.05) is 32.1 Å². The summed E-state index contributed by atoms with van der Waals surface area (Å²) in [5.41, 5.74) is 0.0856. The highest BCUT2D eigenvalue weighted by Crippen LogP contribution is 2.34. The average molecular weight is 308 g/mol. The van der Waals surface area contributed by atoms with Gasteiger partial charge in [0.25, 0.3) is 0 Å². The number of rotatable bonds is 5. The molecule has 2 aliphatic rings. The summed E-state index contributed by atoms with van der Waals surface area (Å²) in [7, 11) is 0. The molecule has 116 valence electrons. The molecule has 5 heteroatoms. The van der Waals surface area contributed by atoms with Crippen molar-refractivity contribution < 1.29 is 9.47 Å². The molecule has 0 saturated carbocycles. The second-order valence-electron chi connectivity index (χ2n) is 5.80. The van der Waals surface area contributed by atoms with Crippen LogP contribution in [0, 0.1) is 0 Å². The van der Waals surface area contributed by atoms with Gasteiger partial charge in [-0.05, 0) is 37.8 Å². The summed E-state index contributed by atoms with van der Waals surface area (Å²) in [5.74, 6) is 1.06. The van der Waals surface area contributed by atoms with Gasteiger partial charge in [0, 0.05) is 44.4 Å². The Kier molecular flexibility index (Phi) is 5.52. The minimum absolute atomic E-state index is 0.0856. The third-order valence-corrected chi connectivity index (χ3v) is 5.27. The van der Waals surface area contributed by atoms with E-state index in [1.165, 1.54) is 0 Å². The lowest BCUT2D eigenvalue weighted by atomic mass is 9.84. The molecule has 2 aliphatic heterocycles. The molecule has 3 rings (SSSR count). The van der Waals surface area contributed by atoms with Crippen molar-refractivity contribution >= 4 is 11.8 Å². The zero-order valence-corrected chi connectivity index (χ0v) is 13.2. The fourth-order valence-corrected chi connectivity index (χ4v) is 3.88. The summed E-state index contributed by atoms with van der Waals surface area (Å²) < 4.78 is 11.5. The Morgan fingerprint density at radius 3 is 3.00 bits per heavy atom. The van der Waals surface area contributed by atoms with Gasteiger partial charge in [-0.2, -0.15) is 0 Å². The predicted octanol–water partition coefficient (Wildman–Crippen LogP) is 2.49. The van der Waals surface area contributed by atoms with Gasteiger partial charge in [-0.25, -0.2) is 4.98 Å². The van der Waals surface area contributed by atoms with E-state index in [9.17, 15) is 0 Å². The van der Waals surface area contributed by atoms with E-state index in [4.69, 9.17) is 9.47 Å². The first-order valence-electron chi connectivity index (χ1n) is 7.85. The second-order valence-corrected chi connectivity index (χ2v) is 6.92. The van der Waals surface area contributed by atoms with Gasteiger partial charge in [0.1, 0.15) is 0 Å². The van der Waals surface area contributed by atoms with Gasteiger partial charge in [0.05, 0.1) is 10.6 Å². The Morgan fingerprint density at radius 2 is 2.19 bits per heavy atom. The van der Waals surface area contributed by atoms with Crippen LogP contribution in [0.25, 0.3) is 0 Å². The van der Waals surface area contributed by atoms with Crippen LogP contribution in [0.1, 0.15) is 25.7 Å². The number of hydrogen-bond donors (Lipinski definition) is 1. The van der Waals surface area contributed by atoms with Gasteiger partial charge in [-0.15, -0.1) is 11.8 Å². The average Bonchev–Trinajstić information content (AvgIpc) is 2.54. The van der Waals surface area contributed by atoms with Crippen LogP contribution >= 0.6 is 11.8 Å². The SMILES string of the molecule is c1ccc(SCCN[C@H]2CCOC3(CCOCC3)C2)nc1. The van der Waals surface area contributed by atoms with E-state index in [0.717, 1.165) is 62.8 Å². The lowest BCUT2D eigenvalue weighted by Crippen LogP contribution is -2.50. The maximum atomic E-state index is 6.08. The highest BCUT2D eigenvalue weighted by molar-refractivity contribution is 7.99. The first kappa shape index (κ1) is 15.3. The van der Waals surface area contributed by atoms with E-state index in [2.05, 4.69) is 16.4 Å². The summed E-state index contributed by atoms with van der Waals surface area (Å²) in [5, 5.41) is 4.80. The van der Waals surface area contributed by atoms with Crippen molar-refractivity contribution in [3.05, 3.63) is 24.4 Å². The Morgan fingerprint density at radius 1 is 1.29 bits per heavy atom. The number of aromatic nitrogens is 1. The highest BCUT2D eigenvalue weighted by Gasteiger charge is 2.38. The van der Waals surface area contributed by atoms with Crippen molar-refractivity contribution in [1.29, 1.82) is 0 Å².